The molecule has 7 nitrogen and oxygen atoms in total. The molecule has 1 aliphatic rings. The number of esters is 1. The van der Waals surface area contributed by atoms with Crippen LogP contribution < -0.4 is 16.0 Å². The van der Waals surface area contributed by atoms with E-state index in [4.69, 9.17) is 17.0 Å². The summed E-state index contributed by atoms with van der Waals surface area (Å²) in [5.74, 6) is -0.383. The van der Waals surface area contributed by atoms with Crippen molar-refractivity contribution in [3.63, 3.8) is 0 Å². The van der Waals surface area contributed by atoms with Crippen LogP contribution in [0, 0.1) is 6.92 Å². The second-order valence-electron chi connectivity index (χ2n) is 7.23. The summed E-state index contributed by atoms with van der Waals surface area (Å²) in [6.07, 6.45) is 0. The van der Waals surface area contributed by atoms with Crippen LogP contribution in [-0.4, -0.2) is 35.7 Å². The maximum atomic E-state index is 12.6. The second kappa shape index (κ2) is 9.61. The van der Waals surface area contributed by atoms with Crippen molar-refractivity contribution >= 4 is 40.7 Å². The van der Waals surface area contributed by atoms with E-state index in [2.05, 4.69) is 16.0 Å². The number of nitrogens with zero attached hydrogens (tertiary/aromatic N) is 1. The Hall–Kier alpha value is -3.39. The monoisotopic (exact) mass is 438 g/mol. The van der Waals surface area contributed by atoms with Crippen molar-refractivity contribution in [3.8, 4) is 0 Å². The zero-order chi connectivity index (χ0) is 22.5. The fraction of sp³-hybridized carbons (Fsp3) is 0.261. The molecular weight excluding hydrogens is 412 g/mol. The van der Waals surface area contributed by atoms with E-state index in [1.165, 1.54) is 0 Å². The molecule has 0 aromatic heterocycles. The molecule has 8 heteroatoms. The first kappa shape index (κ1) is 22.3. The van der Waals surface area contributed by atoms with Crippen molar-refractivity contribution < 1.29 is 14.3 Å². The molecule has 2 aromatic rings. The highest BCUT2D eigenvalue weighted by atomic mass is 32.1. The summed E-state index contributed by atoms with van der Waals surface area (Å²) in [5, 5.41) is 9.34. The molecule has 1 aliphatic heterocycles. The minimum Gasteiger partial charge on any atom is -0.463 e. The molecule has 0 fully saturated rings. The third-order valence-corrected chi connectivity index (χ3v) is 5.42. The number of thiocarbonyl (C=S) groups is 1. The highest BCUT2D eigenvalue weighted by molar-refractivity contribution is 7.80. The molecule has 0 bridgehead atoms. The van der Waals surface area contributed by atoms with Gasteiger partial charge in [0, 0.05) is 24.1 Å². The molecule has 162 valence electrons. The maximum absolute atomic E-state index is 12.6. The smallest absolute Gasteiger partial charge is 0.338 e. The first-order chi connectivity index (χ1) is 14.8. The van der Waals surface area contributed by atoms with Gasteiger partial charge in [-0.05, 0) is 68.4 Å². The fourth-order valence-electron chi connectivity index (χ4n) is 3.33. The van der Waals surface area contributed by atoms with E-state index >= 15 is 0 Å². The number of hydrogen-bond acceptors (Lipinski definition) is 4. The number of anilines is 2. The standard InChI is InChI=1S/C23H26N4O3S/c1-5-30-21(28)19-15(3)27(4)23(31)26-20(19)16-9-11-17(12-10-16)24-22(29)25-18-8-6-7-14(2)13-18/h6-13,20H,5H2,1-4H3,(H,26,31)(H2,24,25,29)/t20-/m1/s1. The maximum Gasteiger partial charge on any atom is 0.338 e. The van der Waals surface area contributed by atoms with Gasteiger partial charge in [0.25, 0.3) is 0 Å². The summed E-state index contributed by atoms with van der Waals surface area (Å²) in [5.41, 5.74) is 4.50. The van der Waals surface area contributed by atoms with Crippen LogP contribution in [-0.2, 0) is 9.53 Å². The molecule has 31 heavy (non-hydrogen) atoms. The Morgan fingerprint density at radius 2 is 1.77 bits per heavy atom. The van der Waals surface area contributed by atoms with Crippen molar-refractivity contribution in [1.29, 1.82) is 0 Å². The lowest BCUT2D eigenvalue weighted by molar-refractivity contribution is -0.139. The summed E-state index contributed by atoms with van der Waals surface area (Å²) < 4.78 is 5.26. The molecule has 0 spiro atoms. The Kier molecular flexibility index (Phi) is 6.91. The Morgan fingerprint density at radius 1 is 1.10 bits per heavy atom. The number of ether oxygens (including phenoxy) is 1. The number of carbonyl (C=O) groups excluding carboxylic acids is 2. The summed E-state index contributed by atoms with van der Waals surface area (Å²) in [7, 11) is 1.81. The van der Waals surface area contributed by atoms with E-state index in [1.54, 1.807) is 31.0 Å². The first-order valence-electron chi connectivity index (χ1n) is 9.97. The number of carbonyl (C=O) groups is 2. The molecule has 3 rings (SSSR count). The molecule has 3 N–H and O–H groups in total. The van der Waals surface area contributed by atoms with Crippen molar-refractivity contribution in [1.82, 2.24) is 10.2 Å². The normalized spacial score (nSPS) is 15.9. The molecule has 0 aliphatic carbocycles. The zero-order valence-electron chi connectivity index (χ0n) is 18.0. The Balaban J connectivity index is 1.77. The number of urea groups is 1. The van der Waals surface area contributed by atoms with Gasteiger partial charge in [0.1, 0.15) is 0 Å². The van der Waals surface area contributed by atoms with Gasteiger partial charge >= 0.3 is 12.0 Å². The number of nitrogens with one attached hydrogen (secondary N) is 3. The largest absolute Gasteiger partial charge is 0.463 e. The van der Waals surface area contributed by atoms with Crippen LogP contribution in [0.1, 0.15) is 31.0 Å². The molecule has 1 atom stereocenters. The van der Waals surface area contributed by atoms with Gasteiger partial charge in [0.2, 0.25) is 0 Å². The minimum absolute atomic E-state index is 0.287. The molecule has 0 radical (unpaired) electrons. The van der Waals surface area contributed by atoms with Crippen LogP contribution >= 0.6 is 12.2 Å². The summed E-state index contributed by atoms with van der Waals surface area (Å²) in [6, 6.07) is 14.1. The Morgan fingerprint density at radius 3 is 2.42 bits per heavy atom. The predicted molar refractivity (Wildman–Crippen MR) is 126 cm³/mol. The van der Waals surface area contributed by atoms with Crippen LogP contribution in [0.15, 0.2) is 59.8 Å². The minimum atomic E-state index is -0.432. The van der Waals surface area contributed by atoms with Gasteiger partial charge in [0.05, 0.1) is 18.2 Å². The number of rotatable bonds is 5. The fourth-order valence-corrected chi connectivity index (χ4v) is 3.59. The number of aryl methyl sites for hydroxylation is 1. The van der Waals surface area contributed by atoms with Gasteiger partial charge in [-0.3, -0.25) is 0 Å². The zero-order valence-corrected chi connectivity index (χ0v) is 18.8. The summed E-state index contributed by atoms with van der Waals surface area (Å²) in [6.45, 7) is 5.87. The van der Waals surface area contributed by atoms with E-state index in [0.717, 1.165) is 22.5 Å². The molecule has 0 saturated carbocycles. The van der Waals surface area contributed by atoms with E-state index in [0.29, 0.717) is 16.4 Å². The van der Waals surface area contributed by atoms with E-state index < -0.39 is 6.04 Å². The van der Waals surface area contributed by atoms with Crippen LogP contribution in [0.4, 0.5) is 16.2 Å². The van der Waals surface area contributed by atoms with Crippen molar-refractivity contribution in [2.45, 2.75) is 26.8 Å². The second-order valence-corrected chi connectivity index (χ2v) is 7.62. The molecule has 0 unspecified atom stereocenters. The lowest BCUT2D eigenvalue weighted by Gasteiger charge is -2.35. The number of amides is 2. The van der Waals surface area contributed by atoms with Crippen LogP contribution in [0.3, 0.4) is 0 Å². The lowest BCUT2D eigenvalue weighted by atomic mass is 9.95. The third-order valence-electron chi connectivity index (χ3n) is 5.03. The SMILES string of the molecule is CCOC(=O)C1=C(C)N(C)C(=S)N[C@@H]1c1ccc(NC(=O)Nc2cccc(C)c2)cc1. The van der Waals surface area contributed by atoms with Gasteiger partial charge in [-0.2, -0.15) is 0 Å². The van der Waals surface area contributed by atoms with Gasteiger partial charge in [0.15, 0.2) is 5.11 Å². The summed E-state index contributed by atoms with van der Waals surface area (Å²) in [4.78, 5) is 26.6. The summed E-state index contributed by atoms with van der Waals surface area (Å²) >= 11 is 5.40. The number of allylic oxidation sites excluding steroid dienone is 1. The number of benzene rings is 2. The van der Waals surface area contributed by atoms with Crippen molar-refractivity contribution in [2.24, 2.45) is 0 Å². The average Bonchev–Trinajstić information content (AvgIpc) is 2.72. The van der Waals surface area contributed by atoms with Crippen LogP contribution in [0.5, 0.6) is 0 Å². The Labute approximate surface area is 187 Å². The Bertz CT molecular complexity index is 1030. The molecule has 2 amide bonds. The van der Waals surface area contributed by atoms with Crippen molar-refractivity contribution in [2.75, 3.05) is 24.3 Å². The van der Waals surface area contributed by atoms with Crippen LogP contribution in [0.2, 0.25) is 0 Å². The van der Waals surface area contributed by atoms with Gasteiger partial charge in [-0.25, -0.2) is 9.59 Å². The van der Waals surface area contributed by atoms with Crippen molar-refractivity contribution in [3.05, 3.63) is 70.9 Å². The molecule has 2 aromatic carbocycles. The molecular formula is C23H26N4O3S. The van der Waals surface area contributed by atoms with Gasteiger partial charge < -0.3 is 25.6 Å². The third kappa shape index (κ3) is 5.21. The first-order valence-corrected chi connectivity index (χ1v) is 10.4. The predicted octanol–water partition coefficient (Wildman–Crippen LogP) is 4.34. The highest BCUT2D eigenvalue weighted by Gasteiger charge is 2.33. The molecule has 1 heterocycles. The quantitative estimate of drug-likeness (QED) is 0.476. The van der Waals surface area contributed by atoms with E-state index in [-0.39, 0.29) is 18.6 Å². The van der Waals surface area contributed by atoms with E-state index in [1.807, 2.05) is 50.2 Å². The van der Waals surface area contributed by atoms with Gasteiger partial charge in [-0.1, -0.05) is 24.3 Å². The molecule has 0 saturated heterocycles. The highest BCUT2D eigenvalue weighted by Crippen LogP contribution is 2.31. The average molecular weight is 439 g/mol. The lowest BCUT2D eigenvalue weighted by Crippen LogP contribution is -2.46. The topological polar surface area (TPSA) is 82.7 Å². The van der Waals surface area contributed by atoms with Gasteiger partial charge in [-0.15, -0.1) is 0 Å². The van der Waals surface area contributed by atoms with E-state index in [9.17, 15) is 9.59 Å². The van der Waals surface area contributed by atoms with Crippen LogP contribution in [0.25, 0.3) is 0 Å². The number of hydrogen-bond donors (Lipinski definition) is 3.